The van der Waals surface area contributed by atoms with Crippen LogP contribution in [0.25, 0.3) is 0 Å². The van der Waals surface area contributed by atoms with E-state index in [1.807, 2.05) is 13.8 Å². The van der Waals surface area contributed by atoms with E-state index < -0.39 is 0 Å². The number of hydrogen-bond acceptors (Lipinski definition) is 5. The maximum atomic E-state index is 12.4. The van der Waals surface area contributed by atoms with Gasteiger partial charge in [0, 0.05) is 10.9 Å². The Bertz CT molecular complexity index is 615. The summed E-state index contributed by atoms with van der Waals surface area (Å²) in [4.78, 5) is 17.9. The largest absolute Gasteiger partial charge is 0.497 e. The molecule has 1 aromatic heterocycles. The lowest BCUT2D eigenvalue weighted by molar-refractivity contribution is 0.0990. The van der Waals surface area contributed by atoms with Crippen molar-refractivity contribution in [3.8, 4) is 11.5 Å². The molecule has 0 aliphatic carbocycles. The lowest BCUT2D eigenvalue weighted by Gasteiger charge is -2.08. The molecule has 1 aromatic carbocycles. The highest BCUT2D eigenvalue weighted by molar-refractivity contribution is 7.11. The third-order valence-corrected chi connectivity index (χ3v) is 4.17. The highest BCUT2D eigenvalue weighted by Crippen LogP contribution is 2.26. The van der Waals surface area contributed by atoms with Gasteiger partial charge in [0.15, 0.2) is 5.78 Å². The molecule has 5 heteroatoms. The fraction of sp³-hybridized carbons (Fsp3) is 0.333. The molecular formula is C15H17NO3S. The van der Waals surface area contributed by atoms with E-state index in [-0.39, 0.29) is 5.78 Å². The molecule has 0 atom stereocenters. The first-order valence-electron chi connectivity index (χ1n) is 6.23. The zero-order valence-corrected chi connectivity index (χ0v) is 12.8. The van der Waals surface area contributed by atoms with Gasteiger partial charge in [0.25, 0.3) is 0 Å². The maximum absolute atomic E-state index is 12.4. The van der Waals surface area contributed by atoms with Gasteiger partial charge in [-0.2, -0.15) is 0 Å². The second-order valence-electron chi connectivity index (χ2n) is 4.42. The van der Waals surface area contributed by atoms with Gasteiger partial charge in [0.2, 0.25) is 0 Å². The Balaban J connectivity index is 2.24. The molecule has 1 heterocycles. The molecule has 4 nitrogen and oxygen atoms in total. The number of ether oxygens (including phenoxy) is 2. The maximum Gasteiger partial charge on any atom is 0.173 e. The van der Waals surface area contributed by atoms with E-state index in [4.69, 9.17) is 9.47 Å². The van der Waals surface area contributed by atoms with Crippen LogP contribution in [0.1, 0.15) is 25.9 Å². The molecule has 2 rings (SSSR count). The molecule has 0 amide bonds. The number of benzene rings is 1. The van der Waals surface area contributed by atoms with Gasteiger partial charge in [-0.05, 0) is 26.0 Å². The second kappa shape index (κ2) is 6.05. The van der Waals surface area contributed by atoms with Crippen molar-refractivity contribution < 1.29 is 14.3 Å². The summed E-state index contributed by atoms with van der Waals surface area (Å²) in [6.07, 6.45) is 0.294. The van der Waals surface area contributed by atoms with Crippen LogP contribution in [0, 0.1) is 13.8 Å². The molecule has 0 saturated carbocycles. The number of thiazole rings is 1. The highest BCUT2D eigenvalue weighted by Gasteiger charge is 2.16. The second-order valence-corrected chi connectivity index (χ2v) is 5.70. The van der Waals surface area contributed by atoms with Gasteiger partial charge in [-0.1, -0.05) is 0 Å². The minimum atomic E-state index is -0.00162. The minimum absolute atomic E-state index is 0.00162. The van der Waals surface area contributed by atoms with E-state index in [9.17, 15) is 4.79 Å². The molecule has 0 aliphatic heterocycles. The van der Waals surface area contributed by atoms with E-state index in [0.29, 0.717) is 23.5 Å². The van der Waals surface area contributed by atoms with Crippen LogP contribution in [0.15, 0.2) is 18.2 Å². The smallest absolute Gasteiger partial charge is 0.173 e. The predicted octanol–water partition coefficient (Wildman–Crippen LogP) is 3.20. The van der Waals surface area contributed by atoms with Gasteiger partial charge in [-0.25, -0.2) is 4.98 Å². The molecule has 0 bridgehead atoms. The van der Waals surface area contributed by atoms with Crippen molar-refractivity contribution in [2.45, 2.75) is 20.3 Å². The molecule has 0 fully saturated rings. The Morgan fingerprint density at radius 3 is 2.55 bits per heavy atom. The molecule has 0 N–H and O–H groups in total. The lowest BCUT2D eigenvalue weighted by atomic mass is 10.1. The van der Waals surface area contributed by atoms with Crippen LogP contribution in [0.5, 0.6) is 11.5 Å². The summed E-state index contributed by atoms with van der Waals surface area (Å²) in [6.45, 7) is 3.96. The van der Waals surface area contributed by atoms with E-state index >= 15 is 0 Å². The first kappa shape index (κ1) is 14.5. The number of carbonyl (C=O) groups excluding carboxylic acids is 1. The topological polar surface area (TPSA) is 48.4 Å². The predicted molar refractivity (Wildman–Crippen MR) is 79.2 cm³/mol. The number of carbonyl (C=O) groups is 1. The highest BCUT2D eigenvalue weighted by atomic mass is 32.1. The van der Waals surface area contributed by atoms with E-state index in [2.05, 4.69) is 4.98 Å². The molecule has 106 valence electrons. The molecule has 0 unspecified atom stereocenters. The quantitative estimate of drug-likeness (QED) is 0.794. The monoisotopic (exact) mass is 291 g/mol. The van der Waals surface area contributed by atoms with Crippen LogP contribution < -0.4 is 9.47 Å². The Hall–Kier alpha value is -1.88. The van der Waals surface area contributed by atoms with Crippen molar-refractivity contribution in [1.82, 2.24) is 4.98 Å². The van der Waals surface area contributed by atoms with Gasteiger partial charge in [-0.3, -0.25) is 4.79 Å². The van der Waals surface area contributed by atoms with E-state index in [0.717, 1.165) is 15.6 Å². The Kier molecular flexibility index (Phi) is 4.39. The number of Topliss-reactive ketones (excluding diaryl/α,β-unsaturated/α-hetero) is 1. The van der Waals surface area contributed by atoms with Crippen molar-refractivity contribution in [3.05, 3.63) is 39.3 Å². The molecule has 20 heavy (non-hydrogen) atoms. The fourth-order valence-corrected chi connectivity index (χ4v) is 2.81. The Labute approximate surface area is 122 Å². The molecule has 0 spiro atoms. The summed E-state index contributed by atoms with van der Waals surface area (Å²) in [5.74, 6) is 1.19. The van der Waals surface area contributed by atoms with Crippen molar-refractivity contribution in [3.63, 3.8) is 0 Å². The first-order chi connectivity index (χ1) is 9.55. The van der Waals surface area contributed by atoms with Crippen LogP contribution >= 0.6 is 11.3 Å². The minimum Gasteiger partial charge on any atom is -0.497 e. The molecule has 0 aliphatic rings. The van der Waals surface area contributed by atoms with Crippen LogP contribution in [0.3, 0.4) is 0 Å². The average molecular weight is 291 g/mol. The Morgan fingerprint density at radius 1 is 1.25 bits per heavy atom. The summed E-state index contributed by atoms with van der Waals surface area (Å²) in [6, 6.07) is 5.20. The van der Waals surface area contributed by atoms with E-state index in [1.165, 1.54) is 0 Å². The van der Waals surface area contributed by atoms with Crippen molar-refractivity contribution >= 4 is 17.1 Å². The molecule has 0 saturated heterocycles. The number of methoxy groups -OCH3 is 2. The standard InChI is InChI=1S/C15H17NO3S/c1-9-10(2)20-15(16-9)8-13(17)12-6-5-11(18-3)7-14(12)19-4/h5-7H,8H2,1-4H3. The van der Waals surface area contributed by atoms with Gasteiger partial charge < -0.3 is 9.47 Å². The molecule has 2 aromatic rings. The average Bonchev–Trinajstić information content (AvgIpc) is 2.76. The van der Waals surface area contributed by atoms with Crippen molar-refractivity contribution in [1.29, 1.82) is 0 Å². The summed E-state index contributed by atoms with van der Waals surface area (Å²) >= 11 is 1.56. The van der Waals surface area contributed by atoms with Gasteiger partial charge in [0.05, 0.1) is 31.9 Å². The number of rotatable bonds is 5. The summed E-state index contributed by atoms with van der Waals surface area (Å²) in [5.41, 5.74) is 1.54. The lowest BCUT2D eigenvalue weighted by Crippen LogP contribution is -2.06. The number of ketones is 1. The number of hydrogen-bond donors (Lipinski definition) is 0. The van der Waals surface area contributed by atoms with Gasteiger partial charge in [0.1, 0.15) is 16.5 Å². The van der Waals surface area contributed by atoms with Gasteiger partial charge in [-0.15, -0.1) is 11.3 Å². The fourth-order valence-electron chi connectivity index (χ4n) is 1.88. The van der Waals surface area contributed by atoms with Crippen LogP contribution in [0.4, 0.5) is 0 Å². The number of aromatic nitrogens is 1. The molecule has 0 radical (unpaired) electrons. The van der Waals surface area contributed by atoms with Crippen molar-refractivity contribution in [2.75, 3.05) is 14.2 Å². The van der Waals surface area contributed by atoms with Crippen LogP contribution in [-0.2, 0) is 6.42 Å². The number of nitrogens with zero attached hydrogens (tertiary/aromatic N) is 1. The summed E-state index contributed by atoms with van der Waals surface area (Å²) in [5, 5.41) is 0.836. The zero-order chi connectivity index (χ0) is 14.7. The van der Waals surface area contributed by atoms with Crippen molar-refractivity contribution in [2.24, 2.45) is 0 Å². The summed E-state index contributed by atoms with van der Waals surface area (Å²) in [7, 11) is 3.13. The first-order valence-corrected chi connectivity index (χ1v) is 7.05. The third kappa shape index (κ3) is 2.99. The van der Waals surface area contributed by atoms with Gasteiger partial charge >= 0.3 is 0 Å². The normalized spacial score (nSPS) is 10.4. The van der Waals surface area contributed by atoms with Crippen LogP contribution in [0.2, 0.25) is 0 Å². The summed E-state index contributed by atoms with van der Waals surface area (Å²) < 4.78 is 10.4. The zero-order valence-electron chi connectivity index (χ0n) is 12.0. The van der Waals surface area contributed by atoms with E-state index in [1.54, 1.807) is 43.8 Å². The van der Waals surface area contributed by atoms with Crippen LogP contribution in [-0.4, -0.2) is 25.0 Å². The SMILES string of the molecule is COc1ccc(C(=O)Cc2nc(C)c(C)s2)c(OC)c1. The number of aryl methyl sites for hydroxylation is 2. The third-order valence-electron chi connectivity index (χ3n) is 3.09. The molecular weight excluding hydrogens is 274 g/mol. The Morgan fingerprint density at radius 2 is 2.00 bits per heavy atom.